The number of nitrogens with zero attached hydrogens (tertiary/aromatic N) is 1. The maximum absolute atomic E-state index is 12.3. The van der Waals surface area contributed by atoms with Gasteiger partial charge >= 0.3 is 0 Å². The normalized spacial score (nSPS) is 25.0. The number of thiazole rings is 1. The van der Waals surface area contributed by atoms with Crippen molar-refractivity contribution in [3.8, 4) is 0 Å². The van der Waals surface area contributed by atoms with Crippen LogP contribution in [0.2, 0.25) is 0 Å². The Kier molecular flexibility index (Phi) is 4.72. The molecule has 1 fully saturated rings. The molecule has 0 spiro atoms. The van der Waals surface area contributed by atoms with Gasteiger partial charge in [0.05, 0.1) is 6.04 Å². The highest BCUT2D eigenvalue weighted by Gasteiger charge is 2.33. The van der Waals surface area contributed by atoms with Crippen LogP contribution in [0.5, 0.6) is 0 Å². The number of nitrogens with one attached hydrogen (secondary N) is 1. The van der Waals surface area contributed by atoms with Crippen LogP contribution in [-0.2, 0) is 4.79 Å². The molecule has 1 aromatic heterocycles. The van der Waals surface area contributed by atoms with E-state index in [1.807, 2.05) is 5.38 Å². The van der Waals surface area contributed by atoms with E-state index in [9.17, 15) is 4.79 Å². The van der Waals surface area contributed by atoms with Crippen molar-refractivity contribution in [2.24, 2.45) is 17.6 Å². The first-order chi connectivity index (χ1) is 8.76. The molecule has 1 saturated carbocycles. The van der Waals surface area contributed by atoms with Crippen LogP contribution in [0.1, 0.15) is 43.7 Å². The molecule has 1 aromatic rings. The van der Waals surface area contributed by atoms with Gasteiger partial charge in [-0.05, 0) is 31.7 Å². The summed E-state index contributed by atoms with van der Waals surface area (Å²) in [4.78, 5) is 16.6. The molecule has 4 nitrogen and oxygen atoms in total. The molecule has 0 aromatic carbocycles. The fraction of sp³-hybridized carbons (Fsp3) is 0.692. The van der Waals surface area contributed by atoms with Gasteiger partial charge in [0, 0.05) is 17.5 Å². The molecule has 18 heavy (non-hydrogen) atoms. The van der Waals surface area contributed by atoms with Crippen molar-refractivity contribution in [2.75, 3.05) is 6.54 Å². The van der Waals surface area contributed by atoms with E-state index >= 15 is 0 Å². The standard InChI is InChI=1S/C13H21N3OS/c1-2-11(13-15-6-7-18-13)16-12(17)10-5-3-4-9(10)8-14/h6-7,9-11H,2-5,8,14H2,1H3,(H,16,17). The lowest BCUT2D eigenvalue weighted by atomic mass is 9.95. The summed E-state index contributed by atoms with van der Waals surface area (Å²) in [5.41, 5.74) is 5.73. The molecule has 1 amide bonds. The molecule has 0 bridgehead atoms. The minimum atomic E-state index is 0.0523. The van der Waals surface area contributed by atoms with E-state index in [1.54, 1.807) is 17.5 Å². The van der Waals surface area contributed by atoms with Gasteiger partial charge in [0.25, 0.3) is 0 Å². The Labute approximate surface area is 112 Å². The van der Waals surface area contributed by atoms with Crippen LogP contribution in [0, 0.1) is 11.8 Å². The Morgan fingerprint density at radius 1 is 1.67 bits per heavy atom. The third-order valence-electron chi connectivity index (χ3n) is 3.77. The second-order valence-electron chi connectivity index (χ2n) is 4.87. The Balaban J connectivity index is 1.97. The highest BCUT2D eigenvalue weighted by atomic mass is 32.1. The monoisotopic (exact) mass is 267 g/mol. The average Bonchev–Trinajstić information content (AvgIpc) is 3.05. The van der Waals surface area contributed by atoms with Gasteiger partial charge in [-0.1, -0.05) is 13.3 Å². The molecule has 0 saturated heterocycles. The number of aromatic nitrogens is 1. The molecule has 1 aliphatic rings. The SMILES string of the molecule is CCC(NC(=O)C1CCCC1CN)c1nccs1. The molecular weight excluding hydrogens is 246 g/mol. The third-order valence-corrected chi connectivity index (χ3v) is 4.66. The molecular formula is C13H21N3OS. The molecule has 3 N–H and O–H groups in total. The minimum absolute atomic E-state index is 0.0523. The summed E-state index contributed by atoms with van der Waals surface area (Å²) >= 11 is 1.60. The summed E-state index contributed by atoms with van der Waals surface area (Å²) in [5.74, 6) is 0.618. The maximum atomic E-state index is 12.3. The predicted octanol–water partition coefficient (Wildman–Crippen LogP) is 2.09. The summed E-state index contributed by atoms with van der Waals surface area (Å²) in [6.45, 7) is 2.69. The average molecular weight is 267 g/mol. The van der Waals surface area contributed by atoms with Gasteiger partial charge in [0.2, 0.25) is 5.91 Å². The lowest BCUT2D eigenvalue weighted by Gasteiger charge is -2.21. The summed E-state index contributed by atoms with van der Waals surface area (Å²) in [5, 5.41) is 6.07. The van der Waals surface area contributed by atoms with Crippen molar-refractivity contribution < 1.29 is 4.79 Å². The molecule has 1 heterocycles. The van der Waals surface area contributed by atoms with Crippen molar-refractivity contribution in [1.82, 2.24) is 10.3 Å². The van der Waals surface area contributed by atoms with Gasteiger partial charge in [-0.15, -0.1) is 11.3 Å². The highest BCUT2D eigenvalue weighted by molar-refractivity contribution is 7.09. The molecule has 1 aliphatic carbocycles. The number of hydrogen-bond donors (Lipinski definition) is 2. The number of nitrogens with two attached hydrogens (primary N) is 1. The van der Waals surface area contributed by atoms with E-state index < -0.39 is 0 Å². The van der Waals surface area contributed by atoms with Gasteiger partial charge in [0.15, 0.2) is 0 Å². The van der Waals surface area contributed by atoms with Gasteiger partial charge in [0.1, 0.15) is 5.01 Å². The minimum Gasteiger partial charge on any atom is -0.347 e. The van der Waals surface area contributed by atoms with Crippen LogP contribution in [-0.4, -0.2) is 17.4 Å². The van der Waals surface area contributed by atoms with Crippen LogP contribution < -0.4 is 11.1 Å². The first-order valence-electron chi connectivity index (χ1n) is 6.66. The Bertz CT molecular complexity index is 380. The van der Waals surface area contributed by atoms with Crippen LogP contribution in [0.3, 0.4) is 0 Å². The van der Waals surface area contributed by atoms with Crippen LogP contribution in [0.4, 0.5) is 0 Å². The second-order valence-corrected chi connectivity index (χ2v) is 5.80. The predicted molar refractivity (Wildman–Crippen MR) is 73.2 cm³/mol. The summed E-state index contributed by atoms with van der Waals surface area (Å²) in [6.07, 6.45) is 5.84. The van der Waals surface area contributed by atoms with Crippen LogP contribution in [0.15, 0.2) is 11.6 Å². The van der Waals surface area contributed by atoms with Crippen molar-refractivity contribution in [1.29, 1.82) is 0 Å². The smallest absolute Gasteiger partial charge is 0.223 e. The van der Waals surface area contributed by atoms with E-state index in [0.717, 1.165) is 30.7 Å². The van der Waals surface area contributed by atoms with E-state index in [4.69, 9.17) is 5.73 Å². The molecule has 3 unspecified atom stereocenters. The lowest BCUT2D eigenvalue weighted by Crippen LogP contribution is -2.37. The van der Waals surface area contributed by atoms with Crippen molar-refractivity contribution in [2.45, 2.75) is 38.6 Å². The zero-order valence-corrected chi connectivity index (χ0v) is 11.6. The first kappa shape index (κ1) is 13.5. The van der Waals surface area contributed by atoms with Crippen LogP contribution in [0.25, 0.3) is 0 Å². The van der Waals surface area contributed by atoms with Gasteiger partial charge in [-0.2, -0.15) is 0 Å². The van der Waals surface area contributed by atoms with E-state index in [0.29, 0.717) is 12.5 Å². The number of amides is 1. The molecule has 2 rings (SSSR count). The lowest BCUT2D eigenvalue weighted by molar-refractivity contribution is -0.126. The summed E-state index contributed by atoms with van der Waals surface area (Å²) in [6, 6.07) is 0.0523. The van der Waals surface area contributed by atoms with Crippen molar-refractivity contribution in [3.05, 3.63) is 16.6 Å². The van der Waals surface area contributed by atoms with Crippen molar-refractivity contribution in [3.63, 3.8) is 0 Å². The number of carbonyl (C=O) groups is 1. The third kappa shape index (κ3) is 2.90. The Hall–Kier alpha value is -0.940. The van der Waals surface area contributed by atoms with E-state index in [-0.39, 0.29) is 17.9 Å². The zero-order chi connectivity index (χ0) is 13.0. The molecule has 100 valence electrons. The second kappa shape index (κ2) is 6.29. The highest BCUT2D eigenvalue weighted by Crippen LogP contribution is 2.32. The van der Waals surface area contributed by atoms with Crippen LogP contribution >= 0.6 is 11.3 Å². The van der Waals surface area contributed by atoms with Gasteiger partial charge in [-0.25, -0.2) is 4.98 Å². The first-order valence-corrected chi connectivity index (χ1v) is 7.54. The zero-order valence-electron chi connectivity index (χ0n) is 10.8. The summed E-state index contributed by atoms with van der Waals surface area (Å²) < 4.78 is 0. The van der Waals surface area contributed by atoms with E-state index in [1.165, 1.54) is 0 Å². The fourth-order valence-electron chi connectivity index (χ4n) is 2.69. The van der Waals surface area contributed by atoms with Gasteiger partial charge in [-0.3, -0.25) is 4.79 Å². The molecule has 0 aliphatic heterocycles. The molecule has 5 heteroatoms. The largest absolute Gasteiger partial charge is 0.347 e. The fourth-order valence-corrected chi connectivity index (χ4v) is 3.46. The van der Waals surface area contributed by atoms with Gasteiger partial charge < -0.3 is 11.1 Å². The van der Waals surface area contributed by atoms with Crippen molar-refractivity contribution >= 4 is 17.2 Å². The summed E-state index contributed by atoms with van der Waals surface area (Å²) in [7, 11) is 0. The Morgan fingerprint density at radius 3 is 3.11 bits per heavy atom. The number of rotatable bonds is 5. The molecule has 3 atom stereocenters. The molecule has 0 radical (unpaired) electrons. The van der Waals surface area contributed by atoms with E-state index in [2.05, 4.69) is 17.2 Å². The number of carbonyl (C=O) groups excluding carboxylic acids is 1. The Morgan fingerprint density at radius 2 is 2.50 bits per heavy atom. The quantitative estimate of drug-likeness (QED) is 0.858. The topological polar surface area (TPSA) is 68.0 Å². The number of hydrogen-bond acceptors (Lipinski definition) is 4. The maximum Gasteiger partial charge on any atom is 0.223 e.